The number of carbonyl (C=O) groups excluding carboxylic acids is 1. The third-order valence-electron chi connectivity index (χ3n) is 4.47. The van der Waals surface area contributed by atoms with Gasteiger partial charge in [-0.2, -0.15) is 0 Å². The van der Waals surface area contributed by atoms with Crippen molar-refractivity contribution in [3.63, 3.8) is 0 Å². The topological polar surface area (TPSA) is 66.0 Å². The maximum Gasteiger partial charge on any atom is 0.225 e. The lowest BCUT2D eigenvalue weighted by molar-refractivity contribution is -0.133. The fourth-order valence-corrected chi connectivity index (χ4v) is 2.96. The predicted molar refractivity (Wildman–Crippen MR) is 121 cm³/mol. The molecular formula is C20H33IN4O2. The molecular weight excluding hydrogens is 455 g/mol. The fourth-order valence-electron chi connectivity index (χ4n) is 2.96. The zero-order valence-corrected chi connectivity index (χ0v) is 19.3. The summed E-state index contributed by atoms with van der Waals surface area (Å²) in [4.78, 5) is 18.3. The van der Waals surface area contributed by atoms with Gasteiger partial charge in [0.05, 0.1) is 6.54 Å². The van der Waals surface area contributed by atoms with Crippen molar-refractivity contribution in [2.24, 2.45) is 10.9 Å². The number of amides is 1. The van der Waals surface area contributed by atoms with E-state index >= 15 is 0 Å². The summed E-state index contributed by atoms with van der Waals surface area (Å²) in [5, 5.41) is 6.71. The van der Waals surface area contributed by atoms with Gasteiger partial charge in [0.15, 0.2) is 5.96 Å². The molecule has 2 rings (SSSR count). The highest BCUT2D eigenvalue weighted by Crippen LogP contribution is 2.14. The van der Waals surface area contributed by atoms with Crippen LogP contribution in [-0.4, -0.2) is 55.6 Å². The highest BCUT2D eigenvalue weighted by atomic mass is 127. The standard InChI is InChI=1S/C20H32N4O2.HI/c1-14(2)19(25)24-11-10-17(13-24)23-20(21-5)22-12-16(4)26-18-8-6-15(3)7-9-18;/h6-9,14,16-17H,10-13H2,1-5H3,(H2,21,22,23);1H. The normalized spacial score (nSPS) is 18.1. The van der Waals surface area contributed by atoms with Gasteiger partial charge in [0, 0.05) is 32.1 Å². The van der Waals surface area contributed by atoms with Gasteiger partial charge >= 0.3 is 0 Å². The van der Waals surface area contributed by atoms with Crippen molar-refractivity contribution in [3.05, 3.63) is 29.8 Å². The van der Waals surface area contributed by atoms with Crippen molar-refractivity contribution in [2.75, 3.05) is 26.7 Å². The van der Waals surface area contributed by atoms with Crippen LogP contribution in [0.2, 0.25) is 0 Å². The van der Waals surface area contributed by atoms with E-state index in [9.17, 15) is 4.79 Å². The summed E-state index contributed by atoms with van der Waals surface area (Å²) in [6.07, 6.45) is 0.952. The van der Waals surface area contributed by atoms with Crippen molar-refractivity contribution in [3.8, 4) is 5.75 Å². The van der Waals surface area contributed by atoms with E-state index in [0.29, 0.717) is 6.54 Å². The summed E-state index contributed by atoms with van der Waals surface area (Å²) in [6.45, 7) is 10.2. The zero-order chi connectivity index (χ0) is 19.1. The molecule has 2 unspecified atom stereocenters. The monoisotopic (exact) mass is 488 g/mol. The maximum atomic E-state index is 12.1. The molecule has 1 aromatic carbocycles. The molecule has 1 fully saturated rings. The van der Waals surface area contributed by atoms with E-state index in [1.54, 1.807) is 7.05 Å². The minimum atomic E-state index is 0. The number of guanidine groups is 1. The number of nitrogens with one attached hydrogen (secondary N) is 2. The molecule has 1 aromatic rings. The van der Waals surface area contributed by atoms with Crippen molar-refractivity contribution < 1.29 is 9.53 Å². The lowest BCUT2D eigenvalue weighted by atomic mass is 10.2. The molecule has 1 heterocycles. The molecule has 0 aliphatic carbocycles. The lowest BCUT2D eigenvalue weighted by Crippen LogP contribution is -2.47. The second-order valence-corrected chi connectivity index (χ2v) is 7.26. The number of hydrogen-bond acceptors (Lipinski definition) is 3. The molecule has 1 aliphatic rings. The first-order valence-electron chi connectivity index (χ1n) is 9.38. The van der Waals surface area contributed by atoms with Crippen molar-refractivity contribution in [2.45, 2.75) is 46.3 Å². The van der Waals surface area contributed by atoms with E-state index in [1.807, 2.05) is 49.9 Å². The van der Waals surface area contributed by atoms with Crippen molar-refractivity contribution in [1.29, 1.82) is 0 Å². The molecule has 2 N–H and O–H groups in total. The van der Waals surface area contributed by atoms with E-state index in [-0.39, 0.29) is 47.9 Å². The number of hydrogen-bond donors (Lipinski definition) is 2. The van der Waals surface area contributed by atoms with Crippen LogP contribution in [0.5, 0.6) is 5.75 Å². The Bertz CT molecular complexity index is 619. The van der Waals surface area contributed by atoms with Crippen LogP contribution in [0.15, 0.2) is 29.3 Å². The van der Waals surface area contributed by atoms with Crippen LogP contribution >= 0.6 is 24.0 Å². The third kappa shape index (κ3) is 7.56. The number of rotatable bonds is 6. The smallest absolute Gasteiger partial charge is 0.225 e. The third-order valence-corrected chi connectivity index (χ3v) is 4.47. The van der Waals surface area contributed by atoms with Crippen LogP contribution in [0.3, 0.4) is 0 Å². The Labute approximate surface area is 180 Å². The number of benzene rings is 1. The number of ether oxygens (including phenoxy) is 1. The Balaban J connectivity index is 0.00000364. The van der Waals surface area contributed by atoms with Crippen LogP contribution in [0.25, 0.3) is 0 Å². The number of halogens is 1. The largest absolute Gasteiger partial charge is 0.489 e. The van der Waals surface area contributed by atoms with Crippen LogP contribution < -0.4 is 15.4 Å². The SMILES string of the molecule is CN=C(NCC(C)Oc1ccc(C)cc1)NC1CCN(C(=O)C(C)C)C1.I. The Morgan fingerprint density at radius 1 is 1.30 bits per heavy atom. The zero-order valence-electron chi connectivity index (χ0n) is 17.0. The Kier molecular flexibility index (Phi) is 9.90. The van der Waals surface area contributed by atoms with E-state index in [0.717, 1.165) is 31.2 Å². The number of carbonyl (C=O) groups is 1. The van der Waals surface area contributed by atoms with Gasteiger partial charge in [-0.25, -0.2) is 0 Å². The Morgan fingerprint density at radius 3 is 2.56 bits per heavy atom. The van der Waals surface area contributed by atoms with Gasteiger partial charge in [-0.05, 0) is 32.4 Å². The maximum absolute atomic E-state index is 12.1. The molecule has 1 saturated heterocycles. The lowest BCUT2D eigenvalue weighted by Gasteiger charge is -2.21. The van der Waals surface area contributed by atoms with Crippen LogP contribution in [0.4, 0.5) is 0 Å². The quantitative estimate of drug-likeness (QED) is 0.367. The molecule has 0 radical (unpaired) electrons. The van der Waals surface area contributed by atoms with Crippen LogP contribution in [-0.2, 0) is 4.79 Å². The fraction of sp³-hybridized carbons (Fsp3) is 0.600. The van der Waals surface area contributed by atoms with Crippen molar-refractivity contribution in [1.82, 2.24) is 15.5 Å². The molecule has 0 aromatic heterocycles. The molecule has 27 heavy (non-hydrogen) atoms. The first-order valence-corrected chi connectivity index (χ1v) is 9.38. The molecule has 0 bridgehead atoms. The van der Waals surface area contributed by atoms with E-state index in [4.69, 9.17) is 4.74 Å². The summed E-state index contributed by atoms with van der Waals surface area (Å²) < 4.78 is 5.91. The minimum absolute atomic E-state index is 0. The van der Waals surface area contributed by atoms with Gasteiger partial charge in [-0.1, -0.05) is 31.5 Å². The predicted octanol–water partition coefficient (Wildman–Crippen LogP) is 2.80. The molecule has 0 spiro atoms. The number of aliphatic imine (C=N–C) groups is 1. The molecule has 1 aliphatic heterocycles. The minimum Gasteiger partial charge on any atom is -0.489 e. The van der Waals surface area contributed by atoms with E-state index in [1.165, 1.54) is 5.56 Å². The first kappa shape index (κ1) is 23.5. The molecule has 2 atom stereocenters. The Hall–Kier alpha value is -1.51. The van der Waals surface area contributed by atoms with Crippen LogP contribution in [0.1, 0.15) is 32.8 Å². The Morgan fingerprint density at radius 2 is 1.96 bits per heavy atom. The van der Waals surface area contributed by atoms with Crippen LogP contribution in [0, 0.1) is 12.8 Å². The van der Waals surface area contributed by atoms with Gasteiger partial charge in [-0.15, -0.1) is 24.0 Å². The average Bonchev–Trinajstić information content (AvgIpc) is 3.08. The molecule has 6 nitrogen and oxygen atoms in total. The summed E-state index contributed by atoms with van der Waals surface area (Å²) >= 11 is 0. The average molecular weight is 488 g/mol. The van der Waals surface area contributed by atoms with Gasteiger partial charge in [0.25, 0.3) is 0 Å². The number of aryl methyl sites for hydroxylation is 1. The summed E-state index contributed by atoms with van der Waals surface area (Å²) in [5.41, 5.74) is 1.22. The number of likely N-dealkylation sites (tertiary alicyclic amines) is 1. The number of nitrogens with zero attached hydrogens (tertiary/aromatic N) is 2. The van der Waals surface area contributed by atoms with E-state index < -0.39 is 0 Å². The second-order valence-electron chi connectivity index (χ2n) is 7.26. The summed E-state index contributed by atoms with van der Waals surface area (Å²) in [6, 6.07) is 8.29. The van der Waals surface area contributed by atoms with Gasteiger partial charge in [0.1, 0.15) is 11.9 Å². The molecule has 0 saturated carbocycles. The van der Waals surface area contributed by atoms with Gasteiger partial charge in [0.2, 0.25) is 5.91 Å². The highest BCUT2D eigenvalue weighted by molar-refractivity contribution is 14.0. The summed E-state index contributed by atoms with van der Waals surface area (Å²) in [5.74, 6) is 1.88. The second kappa shape index (κ2) is 11.4. The first-order chi connectivity index (χ1) is 12.4. The van der Waals surface area contributed by atoms with E-state index in [2.05, 4.69) is 22.5 Å². The molecule has 1 amide bonds. The van der Waals surface area contributed by atoms with Gasteiger partial charge in [-0.3, -0.25) is 9.79 Å². The van der Waals surface area contributed by atoms with Gasteiger partial charge < -0.3 is 20.3 Å². The molecule has 7 heteroatoms. The summed E-state index contributed by atoms with van der Waals surface area (Å²) in [7, 11) is 1.76. The molecule has 152 valence electrons. The van der Waals surface area contributed by atoms with Crippen molar-refractivity contribution >= 4 is 35.8 Å². The highest BCUT2D eigenvalue weighted by Gasteiger charge is 2.27.